The van der Waals surface area contributed by atoms with Gasteiger partial charge in [-0.2, -0.15) is 5.26 Å². The first-order valence-corrected chi connectivity index (χ1v) is 7.55. The molecule has 6 heteroatoms. The molecule has 24 heavy (non-hydrogen) atoms. The highest BCUT2D eigenvalue weighted by molar-refractivity contribution is 5.98. The average Bonchev–Trinajstić information content (AvgIpc) is 2.59. The van der Waals surface area contributed by atoms with Crippen LogP contribution < -0.4 is 14.8 Å². The van der Waals surface area contributed by atoms with Gasteiger partial charge in [0.05, 0.1) is 13.7 Å². The summed E-state index contributed by atoms with van der Waals surface area (Å²) in [6.45, 7) is 2.59. The monoisotopic (exact) mass is 328 g/mol. The lowest BCUT2D eigenvalue weighted by Gasteiger charge is -2.24. The summed E-state index contributed by atoms with van der Waals surface area (Å²) in [4.78, 5) is 12.0. The van der Waals surface area contributed by atoms with Crippen LogP contribution in [0.15, 0.2) is 35.4 Å². The van der Waals surface area contributed by atoms with Gasteiger partial charge in [-0.3, -0.25) is 4.79 Å². The van der Waals surface area contributed by atoms with Crippen LogP contribution in [-0.2, 0) is 9.53 Å². The number of para-hydroxylation sites is 1. The molecule has 1 unspecified atom stereocenters. The summed E-state index contributed by atoms with van der Waals surface area (Å²) in [6, 6.07) is 7.50. The molecule has 1 N–H and O–H groups in total. The van der Waals surface area contributed by atoms with Gasteiger partial charge in [-0.1, -0.05) is 12.1 Å². The fourth-order valence-electron chi connectivity index (χ4n) is 2.31. The van der Waals surface area contributed by atoms with Crippen molar-refractivity contribution in [2.45, 2.75) is 13.0 Å². The third-order valence-electron chi connectivity index (χ3n) is 3.58. The number of amides is 1. The van der Waals surface area contributed by atoms with Crippen LogP contribution in [0.5, 0.6) is 11.5 Å². The van der Waals surface area contributed by atoms with Crippen LogP contribution in [-0.4, -0.2) is 39.4 Å². The third-order valence-corrected chi connectivity index (χ3v) is 3.58. The predicted molar refractivity (Wildman–Crippen MR) is 89.6 cm³/mol. The molecule has 0 aliphatic carbocycles. The Hall–Kier alpha value is -2.78. The van der Waals surface area contributed by atoms with Crippen LogP contribution in [0.2, 0.25) is 0 Å². The van der Waals surface area contributed by atoms with E-state index >= 15 is 0 Å². The molecular weight excluding hydrogens is 308 g/mol. The van der Waals surface area contributed by atoms with Crippen molar-refractivity contribution in [3.63, 3.8) is 0 Å². The van der Waals surface area contributed by atoms with E-state index in [2.05, 4.69) is 5.32 Å². The molecular formula is C18H20N2O4. The highest BCUT2D eigenvalue weighted by Gasteiger charge is 2.22. The third kappa shape index (κ3) is 3.94. The summed E-state index contributed by atoms with van der Waals surface area (Å²) in [5.41, 5.74) is 1.61. The average molecular weight is 328 g/mol. The van der Waals surface area contributed by atoms with Crippen molar-refractivity contribution in [1.82, 2.24) is 5.32 Å². The summed E-state index contributed by atoms with van der Waals surface area (Å²) in [7, 11) is 3.13. The summed E-state index contributed by atoms with van der Waals surface area (Å²) in [6.07, 6.45) is 3.14. The minimum absolute atomic E-state index is 0.0270. The standard InChI is InChI=1S/C18H20N2O4/c1-12-14(10-15(11-19)18(21)20-7-8-22-2)9-13-5-4-6-16(23-3)17(13)24-12/h4-6,9-10,12H,7-8H2,1-3H3,(H,20,21)/b15-10-. The number of hydrogen-bond donors (Lipinski definition) is 1. The number of benzene rings is 1. The summed E-state index contributed by atoms with van der Waals surface area (Å²) >= 11 is 0. The molecule has 6 nitrogen and oxygen atoms in total. The first kappa shape index (κ1) is 17.6. The van der Waals surface area contributed by atoms with Gasteiger partial charge in [0.15, 0.2) is 11.5 Å². The summed E-state index contributed by atoms with van der Waals surface area (Å²) in [5.74, 6) is 0.878. The maximum absolute atomic E-state index is 12.0. The van der Waals surface area contributed by atoms with Crippen LogP contribution in [0.3, 0.4) is 0 Å². The fourth-order valence-corrected chi connectivity index (χ4v) is 2.31. The molecule has 126 valence electrons. The van der Waals surface area contributed by atoms with Crippen molar-refractivity contribution in [1.29, 1.82) is 5.26 Å². The molecule has 1 aliphatic heterocycles. The largest absolute Gasteiger partial charge is 0.493 e. The molecule has 1 heterocycles. The minimum Gasteiger partial charge on any atom is -0.493 e. The SMILES string of the molecule is COCCNC(=O)/C(C#N)=C\C1=Cc2cccc(OC)c2OC1C. The van der Waals surface area contributed by atoms with E-state index < -0.39 is 5.91 Å². The van der Waals surface area contributed by atoms with E-state index in [-0.39, 0.29) is 11.7 Å². The van der Waals surface area contributed by atoms with Gasteiger partial charge in [0, 0.05) is 19.2 Å². The quantitative estimate of drug-likeness (QED) is 0.491. The Morgan fingerprint density at radius 1 is 1.46 bits per heavy atom. The Labute approximate surface area is 141 Å². The molecule has 0 radical (unpaired) electrons. The number of rotatable bonds is 6. The number of carbonyl (C=O) groups is 1. The van der Waals surface area contributed by atoms with E-state index in [9.17, 15) is 10.1 Å². The predicted octanol–water partition coefficient (Wildman–Crippen LogP) is 2.07. The van der Waals surface area contributed by atoms with E-state index in [4.69, 9.17) is 14.2 Å². The lowest BCUT2D eigenvalue weighted by atomic mass is 10.00. The Kier molecular flexibility index (Phi) is 5.99. The number of nitrogens with zero attached hydrogens (tertiary/aromatic N) is 1. The van der Waals surface area contributed by atoms with Crippen LogP contribution in [0.4, 0.5) is 0 Å². The smallest absolute Gasteiger partial charge is 0.262 e. The van der Waals surface area contributed by atoms with E-state index in [1.54, 1.807) is 20.3 Å². The minimum atomic E-state index is -0.431. The molecule has 0 fully saturated rings. The number of methoxy groups -OCH3 is 2. The van der Waals surface area contributed by atoms with Crippen LogP contribution >= 0.6 is 0 Å². The van der Waals surface area contributed by atoms with Crippen molar-refractivity contribution in [3.05, 3.63) is 41.0 Å². The van der Waals surface area contributed by atoms with Crippen molar-refractivity contribution in [2.75, 3.05) is 27.4 Å². The van der Waals surface area contributed by atoms with Crippen molar-refractivity contribution in [3.8, 4) is 17.6 Å². The molecule has 0 spiro atoms. The molecule has 0 saturated heterocycles. The summed E-state index contributed by atoms with van der Waals surface area (Å²) in [5, 5.41) is 11.9. The van der Waals surface area contributed by atoms with Gasteiger partial charge < -0.3 is 19.5 Å². The number of ether oxygens (including phenoxy) is 3. The van der Waals surface area contributed by atoms with Crippen LogP contribution in [0.25, 0.3) is 6.08 Å². The number of nitriles is 1. The Morgan fingerprint density at radius 2 is 2.25 bits per heavy atom. The van der Waals surface area contributed by atoms with Crippen molar-refractivity contribution in [2.24, 2.45) is 0 Å². The van der Waals surface area contributed by atoms with Crippen LogP contribution in [0, 0.1) is 11.3 Å². The lowest BCUT2D eigenvalue weighted by Crippen LogP contribution is -2.28. The first-order chi connectivity index (χ1) is 11.6. The van der Waals surface area contributed by atoms with Gasteiger partial charge in [0.2, 0.25) is 0 Å². The normalized spacial score (nSPS) is 16.3. The zero-order valence-corrected chi connectivity index (χ0v) is 14.0. The van der Waals surface area contributed by atoms with Crippen LogP contribution in [0.1, 0.15) is 12.5 Å². The van der Waals surface area contributed by atoms with Gasteiger partial charge in [-0.05, 0) is 30.7 Å². The zero-order chi connectivity index (χ0) is 17.5. The van der Waals surface area contributed by atoms with Gasteiger partial charge in [-0.15, -0.1) is 0 Å². The number of fused-ring (bicyclic) bond motifs is 1. The van der Waals surface area contributed by atoms with Crippen molar-refractivity contribution >= 4 is 12.0 Å². The van der Waals surface area contributed by atoms with Gasteiger partial charge in [0.25, 0.3) is 5.91 Å². The Morgan fingerprint density at radius 3 is 2.92 bits per heavy atom. The second kappa shape index (κ2) is 8.18. The van der Waals surface area contributed by atoms with Gasteiger partial charge >= 0.3 is 0 Å². The van der Waals surface area contributed by atoms with E-state index in [1.807, 2.05) is 37.3 Å². The Bertz CT molecular complexity index is 716. The fraction of sp³-hybridized carbons (Fsp3) is 0.333. The highest BCUT2D eigenvalue weighted by atomic mass is 16.5. The molecule has 1 aliphatic rings. The molecule has 0 bridgehead atoms. The van der Waals surface area contributed by atoms with Gasteiger partial charge in [-0.25, -0.2) is 0 Å². The maximum atomic E-state index is 12.0. The molecule has 0 aromatic heterocycles. The first-order valence-electron chi connectivity index (χ1n) is 7.55. The second-order valence-corrected chi connectivity index (χ2v) is 5.20. The zero-order valence-electron chi connectivity index (χ0n) is 14.0. The maximum Gasteiger partial charge on any atom is 0.262 e. The highest BCUT2D eigenvalue weighted by Crippen LogP contribution is 2.38. The number of carbonyl (C=O) groups excluding carboxylic acids is 1. The van der Waals surface area contributed by atoms with E-state index in [0.29, 0.717) is 24.7 Å². The van der Waals surface area contributed by atoms with Gasteiger partial charge in [0.1, 0.15) is 17.7 Å². The van der Waals surface area contributed by atoms with Crippen molar-refractivity contribution < 1.29 is 19.0 Å². The number of nitrogens with one attached hydrogen (secondary N) is 1. The summed E-state index contributed by atoms with van der Waals surface area (Å²) < 4.78 is 16.1. The second-order valence-electron chi connectivity index (χ2n) is 5.20. The molecule has 1 amide bonds. The van der Waals surface area contributed by atoms with E-state index in [1.165, 1.54) is 0 Å². The van der Waals surface area contributed by atoms with E-state index in [0.717, 1.165) is 11.1 Å². The Balaban J connectivity index is 2.28. The number of hydrogen-bond acceptors (Lipinski definition) is 5. The molecule has 1 aromatic rings. The topological polar surface area (TPSA) is 80.6 Å². The molecule has 0 saturated carbocycles. The lowest BCUT2D eigenvalue weighted by molar-refractivity contribution is -0.117. The molecule has 1 atom stereocenters. The molecule has 2 rings (SSSR count). The molecule has 1 aromatic carbocycles.